The number of guanidine groups is 1. The van der Waals surface area contributed by atoms with Crippen molar-refractivity contribution in [2.75, 3.05) is 0 Å². The fourth-order valence-electron chi connectivity index (χ4n) is 3.64. The van der Waals surface area contributed by atoms with E-state index < -0.39 is 30.0 Å². The Hall–Kier alpha value is -1.83. The van der Waals surface area contributed by atoms with E-state index in [0.717, 1.165) is 12.8 Å². The number of aliphatic hydroxyl groups excluding tert-OH is 1. The lowest BCUT2D eigenvalue weighted by molar-refractivity contribution is -0.145. The molecule has 1 aliphatic rings. The zero-order chi connectivity index (χ0) is 17.7. The number of carbonyl (C=O) groups is 2. The Labute approximate surface area is 136 Å². The molecule has 23 heavy (non-hydrogen) atoms. The third-order valence-corrected chi connectivity index (χ3v) is 4.72. The Balaban J connectivity index is 3.23. The van der Waals surface area contributed by atoms with Gasteiger partial charge in [0.15, 0.2) is 5.96 Å². The molecular weight excluding hydrogens is 300 g/mol. The molecule has 1 aliphatic carbocycles. The Bertz CT molecular complexity index is 460. The second-order valence-corrected chi connectivity index (χ2v) is 6.17. The minimum absolute atomic E-state index is 0.0998. The van der Waals surface area contributed by atoms with Crippen LogP contribution in [0.1, 0.15) is 40.0 Å². The van der Waals surface area contributed by atoms with Crippen LogP contribution in [0.2, 0.25) is 0 Å². The highest BCUT2D eigenvalue weighted by Crippen LogP contribution is 2.39. The molecule has 0 aliphatic heterocycles. The Kier molecular flexibility index (Phi) is 6.80. The van der Waals surface area contributed by atoms with E-state index in [1.165, 1.54) is 6.92 Å². The Morgan fingerprint density at radius 2 is 1.87 bits per heavy atom. The lowest BCUT2D eigenvalue weighted by Crippen LogP contribution is -2.51. The molecule has 1 amide bonds. The van der Waals surface area contributed by atoms with Gasteiger partial charge in [0.1, 0.15) is 0 Å². The molecule has 132 valence electrons. The first-order valence-corrected chi connectivity index (χ1v) is 7.99. The number of nitrogens with zero attached hydrogens (tertiary/aromatic N) is 1. The average molecular weight is 328 g/mol. The third-order valence-electron chi connectivity index (χ3n) is 4.72. The van der Waals surface area contributed by atoms with Crippen molar-refractivity contribution in [3.05, 3.63) is 0 Å². The van der Waals surface area contributed by atoms with Gasteiger partial charge in [-0.2, -0.15) is 0 Å². The predicted molar refractivity (Wildman–Crippen MR) is 86.5 cm³/mol. The number of carboxylic acid groups (broad SMARTS) is 1. The lowest BCUT2D eigenvalue weighted by atomic mass is 9.80. The highest BCUT2D eigenvalue weighted by Gasteiger charge is 2.50. The summed E-state index contributed by atoms with van der Waals surface area (Å²) in [4.78, 5) is 27.1. The molecule has 5 atom stereocenters. The van der Waals surface area contributed by atoms with Crippen LogP contribution in [0, 0.1) is 17.8 Å². The third kappa shape index (κ3) is 4.57. The number of aliphatic hydroxyl groups is 1. The van der Waals surface area contributed by atoms with Gasteiger partial charge < -0.3 is 27.0 Å². The molecule has 0 aromatic carbocycles. The van der Waals surface area contributed by atoms with Crippen LogP contribution in [0.5, 0.6) is 0 Å². The first-order chi connectivity index (χ1) is 10.7. The van der Waals surface area contributed by atoms with Gasteiger partial charge in [-0.3, -0.25) is 9.59 Å². The number of hydrogen-bond donors (Lipinski definition) is 5. The quantitative estimate of drug-likeness (QED) is 0.318. The van der Waals surface area contributed by atoms with Crippen molar-refractivity contribution in [1.82, 2.24) is 5.32 Å². The molecular formula is C15H28N4O4. The zero-order valence-electron chi connectivity index (χ0n) is 13.9. The number of hydrogen-bond acceptors (Lipinski definition) is 4. The van der Waals surface area contributed by atoms with Crippen LogP contribution in [0.3, 0.4) is 0 Å². The SMILES string of the molecule is CCC(CC)[C@H](NC(C)=O)C1C(N=C(N)N)CC(C(=O)O)[C@H]1O. The minimum Gasteiger partial charge on any atom is -0.481 e. The van der Waals surface area contributed by atoms with Gasteiger partial charge in [0, 0.05) is 18.9 Å². The highest BCUT2D eigenvalue weighted by atomic mass is 16.4. The molecule has 1 fully saturated rings. The summed E-state index contributed by atoms with van der Waals surface area (Å²) in [5.41, 5.74) is 10.9. The number of nitrogens with one attached hydrogen (secondary N) is 1. The van der Waals surface area contributed by atoms with E-state index >= 15 is 0 Å². The molecule has 1 saturated carbocycles. The molecule has 0 aromatic heterocycles. The smallest absolute Gasteiger partial charge is 0.309 e. The molecule has 0 saturated heterocycles. The van der Waals surface area contributed by atoms with Gasteiger partial charge in [0.25, 0.3) is 0 Å². The van der Waals surface area contributed by atoms with E-state index in [0.29, 0.717) is 0 Å². The summed E-state index contributed by atoms with van der Waals surface area (Å²) < 4.78 is 0. The van der Waals surface area contributed by atoms with Crippen molar-refractivity contribution in [2.45, 2.75) is 58.2 Å². The normalized spacial score (nSPS) is 28.4. The summed E-state index contributed by atoms with van der Waals surface area (Å²) >= 11 is 0. The molecule has 8 heteroatoms. The first-order valence-electron chi connectivity index (χ1n) is 7.99. The number of amides is 1. The Morgan fingerprint density at radius 3 is 2.26 bits per heavy atom. The zero-order valence-corrected chi connectivity index (χ0v) is 13.9. The summed E-state index contributed by atoms with van der Waals surface area (Å²) in [6, 6.07) is -0.913. The van der Waals surface area contributed by atoms with E-state index in [-0.39, 0.29) is 30.2 Å². The van der Waals surface area contributed by atoms with Crippen molar-refractivity contribution in [3.8, 4) is 0 Å². The van der Waals surface area contributed by atoms with Gasteiger partial charge in [0.05, 0.1) is 18.1 Å². The van der Waals surface area contributed by atoms with Crippen LogP contribution in [-0.2, 0) is 9.59 Å². The topological polar surface area (TPSA) is 151 Å². The molecule has 8 nitrogen and oxygen atoms in total. The van der Waals surface area contributed by atoms with Gasteiger partial charge in [-0.15, -0.1) is 0 Å². The number of aliphatic carboxylic acids is 1. The monoisotopic (exact) mass is 328 g/mol. The molecule has 0 heterocycles. The minimum atomic E-state index is -1.11. The maximum absolute atomic E-state index is 11.6. The number of carbonyl (C=O) groups excluding carboxylic acids is 1. The largest absolute Gasteiger partial charge is 0.481 e. The molecule has 0 radical (unpaired) electrons. The van der Waals surface area contributed by atoms with Crippen molar-refractivity contribution >= 4 is 17.8 Å². The van der Waals surface area contributed by atoms with Crippen molar-refractivity contribution < 1.29 is 19.8 Å². The maximum Gasteiger partial charge on any atom is 0.309 e. The molecule has 0 aromatic rings. The van der Waals surface area contributed by atoms with Crippen LogP contribution in [0.4, 0.5) is 0 Å². The molecule has 0 spiro atoms. The van der Waals surface area contributed by atoms with E-state index in [1.54, 1.807) is 0 Å². The van der Waals surface area contributed by atoms with Crippen LogP contribution in [-0.4, -0.2) is 46.2 Å². The maximum atomic E-state index is 11.6. The van der Waals surface area contributed by atoms with E-state index in [9.17, 15) is 19.8 Å². The Morgan fingerprint density at radius 1 is 1.30 bits per heavy atom. The second-order valence-electron chi connectivity index (χ2n) is 6.17. The van der Waals surface area contributed by atoms with E-state index in [1.807, 2.05) is 13.8 Å². The summed E-state index contributed by atoms with van der Waals surface area (Å²) in [7, 11) is 0. The molecule has 3 unspecified atom stereocenters. The first kappa shape index (κ1) is 19.2. The van der Waals surface area contributed by atoms with E-state index in [2.05, 4.69) is 10.3 Å². The highest BCUT2D eigenvalue weighted by molar-refractivity contribution is 5.76. The van der Waals surface area contributed by atoms with Crippen molar-refractivity contribution in [1.29, 1.82) is 0 Å². The lowest BCUT2D eigenvalue weighted by Gasteiger charge is -2.35. The summed E-state index contributed by atoms with van der Waals surface area (Å²) in [6.45, 7) is 5.39. The number of nitrogens with two attached hydrogens (primary N) is 2. The van der Waals surface area contributed by atoms with Gasteiger partial charge in [-0.05, 0) is 12.3 Å². The van der Waals surface area contributed by atoms with Gasteiger partial charge in [0.2, 0.25) is 5.91 Å². The van der Waals surface area contributed by atoms with Crippen LogP contribution < -0.4 is 16.8 Å². The number of carboxylic acids is 1. The average Bonchev–Trinajstić information content (AvgIpc) is 2.74. The second kappa shape index (κ2) is 8.14. The standard InChI is InChI=1S/C15H28N4O4/c1-4-8(5-2)12(18-7(3)20)11-10(19-15(16)17)6-9(13(11)21)14(22)23/h8-13,21H,4-6H2,1-3H3,(H,18,20)(H,22,23)(H4,16,17,19)/t9?,10?,11?,12-,13+/m0/s1. The van der Waals surface area contributed by atoms with Gasteiger partial charge >= 0.3 is 5.97 Å². The fourth-order valence-corrected chi connectivity index (χ4v) is 3.64. The van der Waals surface area contributed by atoms with Gasteiger partial charge in [-0.1, -0.05) is 26.7 Å². The molecule has 0 bridgehead atoms. The summed E-state index contributed by atoms with van der Waals surface area (Å²) in [5.74, 6) is -2.84. The predicted octanol–water partition coefficient (Wildman–Crippen LogP) is -0.349. The summed E-state index contributed by atoms with van der Waals surface area (Å²) in [5, 5.41) is 22.7. The number of aliphatic imine (C=N–C) groups is 1. The van der Waals surface area contributed by atoms with Crippen LogP contribution in [0.15, 0.2) is 4.99 Å². The number of rotatable bonds is 7. The van der Waals surface area contributed by atoms with Crippen molar-refractivity contribution in [3.63, 3.8) is 0 Å². The van der Waals surface area contributed by atoms with Crippen LogP contribution in [0.25, 0.3) is 0 Å². The molecule has 7 N–H and O–H groups in total. The molecule has 1 rings (SSSR count). The van der Waals surface area contributed by atoms with E-state index in [4.69, 9.17) is 11.5 Å². The summed E-state index contributed by atoms with van der Waals surface area (Å²) in [6.07, 6.45) is 0.612. The fraction of sp³-hybridized carbons (Fsp3) is 0.800. The van der Waals surface area contributed by atoms with Gasteiger partial charge in [-0.25, -0.2) is 4.99 Å². The van der Waals surface area contributed by atoms with Crippen molar-refractivity contribution in [2.24, 2.45) is 34.2 Å². The van der Waals surface area contributed by atoms with Crippen LogP contribution >= 0.6 is 0 Å².